The van der Waals surface area contributed by atoms with Crippen LogP contribution in [-0.4, -0.2) is 30.4 Å². The third-order valence-electron chi connectivity index (χ3n) is 6.20. The Morgan fingerprint density at radius 2 is 1.71 bits per heavy atom. The summed E-state index contributed by atoms with van der Waals surface area (Å²) in [5.41, 5.74) is 4.17. The summed E-state index contributed by atoms with van der Waals surface area (Å²) in [6.07, 6.45) is 5.97. The van der Waals surface area contributed by atoms with E-state index >= 15 is 0 Å². The SMILES string of the molecule is C#Cc1c(-c2nc(Nc3n[nH]c4ccccc34)c3ccccc3n2)c(C(C)C)cc2[nH][nH]c(=O)c12. The zero-order chi connectivity index (χ0) is 24.1. The quantitative estimate of drug-likeness (QED) is 0.271. The number of benzene rings is 3. The molecule has 4 N–H and O–H groups in total. The lowest BCUT2D eigenvalue weighted by atomic mass is 9.90. The van der Waals surface area contributed by atoms with Crippen molar-refractivity contribution >= 4 is 44.3 Å². The zero-order valence-electron chi connectivity index (χ0n) is 19.1. The summed E-state index contributed by atoms with van der Waals surface area (Å²) in [7, 11) is 0. The number of nitrogens with zero attached hydrogens (tertiary/aromatic N) is 3. The molecular weight excluding hydrogens is 438 g/mol. The van der Waals surface area contributed by atoms with E-state index in [-0.39, 0.29) is 11.5 Å². The van der Waals surface area contributed by atoms with Crippen molar-refractivity contribution in [3.05, 3.63) is 76.1 Å². The standard InChI is InChI=1S/C27H21N7O/c1-4-15-22(18(14(2)3)13-21-23(15)27(35)34-32-21)26-28-19-11-7-5-9-16(19)24(30-26)29-25-17-10-6-8-12-20(17)31-33-25/h1,5-14H,2-3H3,(H2,32,34,35)(H2,28,29,30,31,33). The van der Waals surface area contributed by atoms with Crippen molar-refractivity contribution in [3.63, 3.8) is 0 Å². The number of aromatic nitrogens is 6. The Hall–Kier alpha value is -4.90. The summed E-state index contributed by atoms with van der Waals surface area (Å²) in [6, 6.07) is 17.6. The number of H-pyrrole nitrogens is 3. The van der Waals surface area contributed by atoms with Gasteiger partial charge in [0.15, 0.2) is 11.6 Å². The Morgan fingerprint density at radius 1 is 0.943 bits per heavy atom. The Morgan fingerprint density at radius 3 is 2.51 bits per heavy atom. The molecule has 8 heteroatoms. The van der Waals surface area contributed by atoms with E-state index in [9.17, 15) is 4.79 Å². The van der Waals surface area contributed by atoms with E-state index < -0.39 is 0 Å². The summed E-state index contributed by atoms with van der Waals surface area (Å²) in [6.45, 7) is 4.15. The van der Waals surface area contributed by atoms with E-state index in [0.29, 0.717) is 39.5 Å². The minimum Gasteiger partial charge on any atom is -0.322 e. The fourth-order valence-electron chi connectivity index (χ4n) is 4.52. The van der Waals surface area contributed by atoms with Crippen LogP contribution in [0.5, 0.6) is 0 Å². The summed E-state index contributed by atoms with van der Waals surface area (Å²) in [5.74, 6) is 4.56. The van der Waals surface area contributed by atoms with Crippen molar-refractivity contribution in [1.29, 1.82) is 0 Å². The predicted octanol–water partition coefficient (Wildman–Crippen LogP) is 5.19. The summed E-state index contributed by atoms with van der Waals surface area (Å²) in [5, 5.41) is 18.7. The Bertz CT molecular complexity index is 1850. The molecule has 0 atom stereocenters. The lowest BCUT2D eigenvalue weighted by Crippen LogP contribution is -2.06. The van der Waals surface area contributed by atoms with Crippen LogP contribution in [-0.2, 0) is 0 Å². The van der Waals surface area contributed by atoms with Gasteiger partial charge in [-0.25, -0.2) is 9.97 Å². The third kappa shape index (κ3) is 3.25. The van der Waals surface area contributed by atoms with Crippen LogP contribution in [0.2, 0.25) is 0 Å². The topological polar surface area (TPSA) is 115 Å². The highest BCUT2D eigenvalue weighted by atomic mass is 16.1. The second kappa shape index (κ2) is 7.85. The van der Waals surface area contributed by atoms with Crippen molar-refractivity contribution in [1.82, 2.24) is 30.4 Å². The number of nitrogens with one attached hydrogen (secondary N) is 4. The van der Waals surface area contributed by atoms with Gasteiger partial charge in [-0.05, 0) is 41.8 Å². The summed E-state index contributed by atoms with van der Waals surface area (Å²) in [4.78, 5) is 22.4. The molecule has 0 aliphatic rings. The Kier molecular flexibility index (Phi) is 4.64. The average Bonchev–Trinajstić information content (AvgIpc) is 3.46. The van der Waals surface area contributed by atoms with Crippen LogP contribution in [0.25, 0.3) is 44.1 Å². The van der Waals surface area contributed by atoms with Gasteiger partial charge in [-0.2, -0.15) is 5.10 Å². The minimum atomic E-state index is -0.272. The molecule has 3 aromatic heterocycles. The molecule has 0 spiro atoms. The van der Waals surface area contributed by atoms with Crippen LogP contribution in [0.15, 0.2) is 59.4 Å². The van der Waals surface area contributed by atoms with Crippen LogP contribution < -0.4 is 10.9 Å². The molecular formula is C27H21N7O. The van der Waals surface area contributed by atoms with E-state index in [4.69, 9.17) is 16.4 Å². The molecule has 0 bridgehead atoms. The van der Waals surface area contributed by atoms with Gasteiger partial charge >= 0.3 is 0 Å². The van der Waals surface area contributed by atoms with Crippen molar-refractivity contribution in [2.45, 2.75) is 19.8 Å². The molecule has 3 heterocycles. The highest BCUT2D eigenvalue weighted by Gasteiger charge is 2.22. The van der Waals surface area contributed by atoms with E-state index in [1.54, 1.807) is 0 Å². The van der Waals surface area contributed by atoms with Gasteiger partial charge in [0, 0.05) is 16.3 Å². The average molecular weight is 460 g/mol. The van der Waals surface area contributed by atoms with Gasteiger partial charge in [0.2, 0.25) is 0 Å². The van der Waals surface area contributed by atoms with Crippen molar-refractivity contribution in [2.24, 2.45) is 0 Å². The van der Waals surface area contributed by atoms with Gasteiger partial charge in [-0.1, -0.05) is 44.0 Å². The van der Waals surface area contributed by atoms with Gasteiger partial charge in [-0.15, -0.1) is 6.42 Å². The highest BCUT2D eigenvalue weighted by molar-refractivity contribution is 5.98. The molecule has 6 rings (SSSR count). The molecule has 0 fully saturated rings. The molecule has 8 nitrogen and oxygen atoms in total. The van der Waals surface area contributed by atoms with Crippen molar-refractivity contribution in [2.75, 3.05) is 5.32 Å². The first-order valence-electron chi connectivity index (χ1n) is 11.3. The first-order chi connectivity index (χ1) is 17.0. The maximum Gasteiger partial charge on any atom is 0.273 e. The predicted molar refractivity (Wildman–Crippen MR) is 139 cm³/mol. The second-order valence-electron chi connectivity index (χ2n) is 8.67. The van der Waals surface area contributed by atoms with Crippen LogP contribution in [0.3, 0.4) is 0 Å². The van der Waals surface area contributed by atoms with Gasteiger partial charge in [0.05, 0.1) is 27.5 Å². The van der Waals surface area contributed by atoms with E-state index in [0.717, 1.165) is 27.4 Å². The van der Waals surface area contributed by atoms with Gasteiger partial charge in [0.25, 0.3) is 5.56 Å². The first kappa shape index (κ1) is 20.7. The molecule has 6 aromatic rings. The lowest BCUT2D eigenvalue weighted by Gasteiger charge is -2.16. The number of aromatic amines is 3. The van der Waals surface area contributed by atoms with Crippen molar-refractivity contribution < 1.29 is 0 Å². The normalized spacial score (nSPS) is 11.5. The van der Waals surface area contributed by atoms with E-state index in [1.165, 1.54) is 0 Å². The van der Waals surface area contributed by atoms with E-state index in [1.807, 2.05) is 54.6 Å². The van der Waals surface area contributed by atoms with Crippen LogP contribution in [0.1, 0.15) is 30.9 Å². The number of hydrogen-bond donors (Lipinski definition) is 4. The monoisotopic (exact) mass is 459 g/mol. The molecule has 0 radical (unpaired) electrons. The van der Waals surface area contributed by atoms with Crippen molar-refractivity contribution in [3.8, 4) is 23.7 Å². The zero-order valence-corrected chi connectivity index (χ0v) is 19.1. The number of rotatable bonds is 4. The lowest BCUT2D eigenvalue weighted by molar-refractivity contribution is 0.867. The molecule has 0 saturated heterocycles. The molecule has 0 aliphatic carbocycles. The number of fused-ring (bicyclic) bond motifs is 3. The van der Waals surface area contributed by atoms with Crippen LogP contribution >= 0.6 is 0 Å². The fourth-order valence-corrected chi connectivity index (χ4v) is 4.52. The third-order valence-corrected chi connectivity index (χ3v) is 6.20. The minimum absolute atomic E-state index is 0.113. The second-order valence-corrected chi connectivity index (χ2v) is 8.67. The largest absolute Gasteiger partial charge is 0.322 e. The summed E-state index contributed by atoms with van der Waals surface area (Å²) >= 11 is 0. The van der Waals surface area contributed by atoms with Gasteiger partial charge < -0.3 is 5.32 Å². The maximum atomic E-state index is 12.6. The maximum absolute atomic E-state index is 12.6. The first-order valence-corrected chi connectivity index (χ1v) is 11.3. The van der Waals surface area contributed by atoms with Gasteiger partial charge in [0.1, 0.15) is 5.82 Å². The smallest absolute Gasteiger partial charge is 0.273 e. The number of para-hydroxylation sites is 2. The molecule has 0 amide bonds. The van der Waals surface area contributed by atoms with Crippen LogP contribution in [0, 0.1) is 12.3 Å². The molecule has 0 unspecified atom stereocenters. The molecule has 0 aliphatic heterocycles. The molecule has 170 valence electrons. The molecule has 35 heavy (non-hydrogen) atoms. The number of hydrogen-bond acceptors (Lipinski definition) is 5. The van der Waals surface area contributed by atoms with E-state index in [2.05, 4.69) is 45.5 Å². The highest BCUT2D eigenvalue weighted by Crippen LogP contribution is 2.36. The van der Waals surface area contributed by atoms with Crippen LogP contribution in [0.4, 0.5) is 11.6 Å². The Balaban J connectivity index is 1.64. The fraction of sp³-hybridized carbons (Fsp3) is 0.111. The molecule has 0 saturated carbocycles. The summed E-state index contributed by atoms with van der Waals surface area (Å²) < 4.78 is 0. The Labute approximate surface area is 199 Å². The number of terminal acetylenes is 1. The molecule has 3 aromatic carbocycles. The number of anilines is 2. The van der Waals surface area contributed by atoms with Gasteiger partial charge in [-0.3, -0.25) is 20.1 Å².